The van der Waals surface area contributed by atoms with Gasteiger partial charge in [-0.1, -0.05) is 0 Å². The Bertz CT molecular complexity index is 1300. The van der Waals surface area contributed by atoms with E-state index in [9.17, 15) is 18.0 Å². The molecule has 1 aromatic heterocycles. The van der Waals surface area contributed by atoms with Crippen molar-refractivity contribution in [2.45, 2.75) is 19.3 Å². The zero-order chi connectivity index (χ0) is 22.9. The average molecular weight is 458 g/mol. The molecule has 1 fully saturated rings. The molecule has 0 bridgehead atoms. The molecule has 0 saturated carbocycles. The van der Waals surface area contributed by atoms with E-state index in [0.29, 0.717) is 16.9 Å². The van der Waals surface area contributed by atoms with Gasteiger partial charge in [-0.25, -0.2) is 13.2 Å². The Kier molecular flexibility index (Phi) is 5.96. The number of aryl methyl sites for hydroxylation is 2. The van der Waals surface area contributed by atoms with Crippen molar-refractivity contribution in [3.05, 3.63) is 52.9 Å². The summed E-state index contributed by atoms with van der Waals surface area (Å²) in [6.07, 6.45) is 3.57. The molecule has 1 saturated heterocycles. The topological polar surface area (TPSA) is 105 Å². The van der Waals surface area contributed by atoms with E-state index in [1.54, 1.807) is 44.4 Å². The van der Waals surface area contributed by atoms with Crippen LogP contribution in [0.15, 0.2) is 47.3 Å². The summed E-state index contributed by atoms with van der Waals surface area (Å²) in [5.41, 5.74) is 3.09. The van der Waals surface area contributed by atoms with Crippen molar-refractivity contribution in [2.24, 2.45) is 14.1 Å². The molecule has 0 spiro atoms. The van der Waals surface area contributed by atoms with Gasteiger partial charge < -0.3 is 10.2 Å². The second-order valence-electron chi connectivity index (χ2n) is 8.11. The second kappa shape index (κ2) is 8.70. The lowest BCUT2D eigenvalue weighted by atomic mass is 10.1. The van der Waals surface area contributed by atoms with Gasteiger partial charge in [-0.2, -0.15) is 0 Å². The van der Waals surface area contributed by atoms with Crippen LogP contribution in [-0.4, -0.2) is 42.3 Å². The molecule has 1 aliphatic rings. The molecule has 4 rings (SSSR count). The molecule has 170 valence electrons. The van der Waals surface area contributed by atoms with Crippen LogP contribution in [0.5, 0.6) is 0 Å². The Balaban J connectivity index is 1.39. The molecule has 9 nitrogen and oxygen atoms in total. The molecule has 1 amide bonds. The van der Waals surface area contributed by atoms with Crippen LogP contribution in [-0.2, 0) is 28.9 Å². The first kappa shape index (κ1) is 21.9. The van der Waals surface area contributed by atoms with Gasteiger partial charge in [-0.15, -0.1) is 0 Å². The Morgan fingerprint density at radius 2 is 1.53 bits per heavy atom. The van der Waals surface area contributed by atoms with Gasteiger partial charge in [0, 0.05) is 44.2 Å². The van der Waals surface area contributed by atoms with Crippen LogP contribution >= 0.6 is 0 Å². The van der Waals surface area contributed by atoms with E-state index in [1.807, 2.05) is 12.1 Å². The number of carbonyl (C=O) groups excluding carboxylic acids is 1. The normalized spacial score (nSPS) is 14.5. The lowest BCUT2D eigenvalue weighted by molar-refractivity contribution is -0.113. The van der Waals surface area contributed by atoms with E-state index in [-0.39, 0.29) is 5.69 Å². The SMILES string of the molecule is Cn1c(=O)n(C)c2cc(NC(=O)CS(=O)(=O)Nc3ccc(N4CCCCC4)cc3)ccc21. The molecule has 0 atom stereocenters. The third kappa shape index (κ3) is 4.64. The second-order valence-corrected chi connectivity index (χ2v) is 9.83. The van der Waals surface area contributed by atoms with Gasteiger partial charge in [-0.05, 0) is 61.7 Å². The Morgan fingerprint density at radius 3 is 2.22 bits per heavy atom. The number of nitrogens with one attached hydrogen (secondary N) is 2. The number of imidazole rings is 1. The third-order valence-corrected chi connectivity index (χ3v) is 6.93. The first-order valence-electron chi connectivity index (χ1n) is 10.5. The number of rotatable bonds is 6. The first-order valence-corrected chi connectivity index (χ1v) is 12.2. The van der Waals surface area contributed by atoms with Gasteiger partial charge in [0.25, 0.3) is 0 Å². The standard InChI is InChI=1S/C22H27N5O4S/c1-25-19-11-8-17(14-20(19)26(2)22(25)29)23-21(28)15-32(30,31)24-16-6-9-18(10-7-16)27-12-4-3-5-13-27/h6-11,14,24H,3-5,12-13,15H2,1-2H3,(H,23,28). The van der Waals surface area contributed by atoms with Crippen LogP contribution in [0.1, 0.15) is 19.3 Å². The number of nitrogens with zero attached hydrogens (tertiary/aromatic N) is 3. The van der Waals surface area contributed by atoms with Crippen molar-refractivity contribution < 1.29 is 13.2 Å². The summed E-state index contributed by atoms with van der Waals surface area (Å²) in [4.78, 5) is 26.7. The monoisotopic (exact) mass is 457 g/mol. The highest BCUT2D eigenvalue weighted by Gasteiger charge is 2.18. The summed E-state index contributed by atoms with van der Waals surface area (Å²) in [6.45, 7) is 2.02. The summed E-state index contributed by atoms with van der Waals surface area (Å²) < 4.78 is 30.4. The van der Waals surface area contributed by atoms with Crippen molar-refractivity contribution in [3.63, 3.8) is 0 Å². The fourth-order valence-electron chi connectivity index (χ4n) is 4.06. The Morgan fingerprint density at radius 1 is 0.906 bits per heavy atom. The molecule has 3 aromatic rings. The van der Waals surface area contributed by atoms with E-state index in [4.69, 9.17) is 0 Å². The summed E-state index contributed by atoms with van der Waals surface area (Å²) in [7, 11) is -0.573. The smallest absolute Gasteiger partial charge is 0.328 e. The number of benzene rings is 2. The summed E-state index contributed by atoms with van der Waals surface area (Å²) >= 11 is 0. The van der Waals surface area contributed by atoms with Crippen LogP contribution < -0.4 is 20.6 Å². The fraction of sp³-hybridized carbons (Fsp3) is 0.364. The molecule has 2 heterocycles. The Labute approximate surface area is 186 Å². The van der Waals surface area contributed by atoms with Gasteiger partial charge in [0.05, 0.1) is 11.0 Å². The number of aromatic nitrogens is 2. The minimum Gasteiger partial charge on any atom is -0.372 e. The Hall–Kier alpha value is -3.27. The first-order chi connectivity index (χ1) is 15.2. The predicted octanol–water partition coefficient (Wildman–Crippen LogP) is 2.25. The number of amides is 1. The number of hydrogen-bond donors (Lipinski definition) is 2. The number of fused-ring (bicyclic) bond motifs is 1. The quantitative estimate of drug-likeness (QED) is 0.591. The van der Waals surface area contributed by atoms with Gasteiger partial charge >= 0.3 is 5.69 Å². The highest BCUT2D eigenvalue weighted by Crippen LogP contribution is 2.22. The summed E-state index contributed by atoms with van der Waals surface area (Å²) in [6, 6.07) is 12.2. The minimum absolute atomic E-state index is 0.179. The highest BCUT2D eigenvalue weighted by atomic mass is 32.2. The molecule has 32 heavy (non-hydrogen) atoms. The number of sulfonamides is 1. The number of piperidine rings is 1. The van der Waals surface area contributed by atoms with Crippen molar-refractivity contribution in [2.75, 3.05) is 33.8 Å². The van der Waals surface area contributed by atoms with Crippen molar-refractivity contribution in [1.82, 2.24) is 9.13 Å². The van der Waals surface area contributed by atoms with Gasteiger partial charge in [0.1, 0.15) is 5.75 Å². The average Bonchev–Trinajstić information content (AvgIpc) is 2.98. The van der Waals surface area contributed by atoms with Crippen molar-refractivity contribution >= 4 is 44.0 Å². The largest absolute Gasteiger partial charge is 0.372 e. The zero-order valence-electron chi connectivity index (χ0n) is 18.2. The maximum atomic E-state index is 12.5. The molecule has 1 aliphatic heterocycles. The van der Waals surface area contributed by atoms with Crippen LogP contribution in [0.4, 0.5) is 17.1 Å². The van der Waals surface area contributed by atoms with Crippen molar-refractivity contribution in [3.8, 4) is 0 Å². The molecule has 0 radical (unpaired) electrons. The van der Waals surface area contributed by atoms with Gasteiger partial charge in [-0.3, -0.25) is 18.7 Å². The maximum Gasteiger partial charge on any atom is 0.328 e. The van der Waals surface area contributed by atoms with E-state index in [2.05, 4.69) is 14.9 Å². The number of carbonyl (C=O) groups is 1. The lowest BCUT2D eigenvalue weighted by Crippen LogP contribution is -2.29. The minimum atomic E-state index is -3.88. The molecule has 2 N–H and O–H groups in total. The molecule has 2 aromatic carbocycles. The van der Waals surface area contributed by atoms with Crippen molar-refractivity contribution in [1.29, 1.82) is 0 Å². The lowest BCUT2D eigenvalue weighted by Gasteiger charge is -2.28. The molecular formula is C22H27N5O4S. The van der Waals surface area contributed by atoms with E-state index < -0.39 is 21.7 Å². The zero-order valence-corrected chi connectivity index (χ0v) is 19.0. The van der Waals surface area contributed by atoms with Crippen LogP contribution in [0.25, 0.3) is 11.0 Å². The fourth-order valence-corrected chi connectivity index (χ4v) is 5.05. The van der Waals surface area contributed by atoms with Crippen LogP contribution in [0.2, 0.25) is 0 Å². The maximum absolute atomic E-state index is 12.5. The molecule has 0 unspecified atom stereocenters. The highest BCUT2D eigenvalue weighted by molar-refractivity contribution is 7.93. The molecule has 10 heteroatoms. The number of hydrogen-bond acceptors (Lipinski definition) is 5. The van der Waals surface area contributed by atoms with E-state index in [0.717, 1.165) is 37.1 Å². The van der Waals surface area contributed by atoms with Crippen LogP contribution in [0, 0.1) is 0 Å². The molecular weight excluding hydrogens is 430 g/mol. The molecule has 0 aliphatic carbocycles. The van der Waals surface area contributed by atoms with Gasteiger partial charge in [0.15, 0.2) is 0 Å². The van der Waals surface area contributed by atoms with Crippen LogP contribution in [0.3, 0.4) is 0 Å². The summed E-state index contributed by atoms with van der Waals surface area (Å²) in [5, 5.41) is 2.59. The van der Waals surface area contributed by atoms with E-state index in [1.165, 1.54) is 15.6 Å². The predicted molar refractivity (Wildman–Crippen MR) is 127 cm³/mol. The summed E-state index contributed by atoms with van der Waals surface area (Å²) in [5.74, 6) is -1.38. The van der Waals surface area contributed by atoms with Gasteiger partial charge in [0.2, 0.25) is 15.9 Å². The number of anilines is 3. The third-order valence-electron chi connectivity index (χ3n) is 5.74. The van der Waals surface area contributed by atoms with E-state index >= 15 is 0 Å².